The van der Waals surface area contributed by atoms with Crippen molar-refractivity contribution in [3.8, 4) is 0 Å². The van der Waals surface area contributed by atoms with E-state index in [2.05, 4.69) is 22.0 Å². The van der Waals surface area contributed by atoms with Gasteiger partial charge in [-0.1, -0.05) is 0 Å². The van der Waals surface area contributed by atoms with Crippen LogP contribution in [-0.2, 0) is 13.1 Å². The van der Waals surface area contributed by atoms with Crippen LogP contribution in [0.5, 0.6) is 0 Å². The summed E-state index contributed by atoms with van der Waals surface area (Å²) >= 11 is 5.38. The third kappa shape index (κ3) is 1.90. The molecule has 0 aliphatic carbocycles. The largest absolute Gasteiger partial charge is 0.444 e. The van der Waals surface area contributed by atoms with Crippen LogP contribution in [-0.4, -0.2) is 24.3 Å². The SMILES string of the molecule is CCn1nc(C)c2[nH]c(=S)n(Cc3ncc(C)o3)c21. The lowest BCUT2D eigenvalue weighted by Crippen LogP contribution is -2.06. The van der Waals surface area contributed by atoms with Crippen LogP contribution >= 0.6 is 12.2 Å². The summed E-state index contributed by atoms with van der Waals surface area (Å²) in [4.78, 5) is 7.43. The maximum absolute atomic E-state index is 5.52. The molecule has 0 amide bonds. The van der Waals surface area contributed by atoms with Crippen LogP contribution in [0.15, 0.2) is 10.6 Å². The first-order chi connectivity index (χ1) is 9.10. The number of H-pyrrole nitrogens is 1. The number of rotatable bonds is 3. The first-order valence-corrected chi connectivity index (χ1v) is 6.58. The van der Waals surface area contributed by atoms with Gasteiger partial charge in [0.05, 0.1) is 11.9 Å². The second kappa shape index (κ2) is 4.34. The topological polar surface area (TPSA) is 64.6 Å². The average molecular weight is 277 g/mol. The van der Waals surface area contributed by atoms with Crippen LogP contribution in [0.4, 0.5) is 0 Å². The highest BCUT2D eigenvalue weighted by atomic mass is 32.1. The Labute approximate surface area is 115 Å². The molecule has 6 nitrogen and oxygen atoms in total. The Morgan fingerprint density at radius 3 is 2.84 bits per heavy atom. The molecular weight excluding hydrogens is 262 g/mol. The Morgan fingerprint density at radius 1 is 1.42 bits per heavy atom. The number of hydrogen-bond acceptors (Lipinski definition) is 4. The molecular formula is C12H15N5OS. The summed E-state index contributed by atoms with van der Waals surface area (Å²) in [6, 6.07) is 0. The fourth-order valence-electron chi connectivity index (χ4n) is 2.24. The zero-order valence-corrected chi connectivity index (χ0v) is 11.9. The predicted octanol–water partition coefficient (Wildman–Crippen LogP) is 2.57. The van der Waals surface area contributed by atoms with Gasteiger partial charge in [-0.25, -0.2) is 9.67 Å². The van der Waals surface area contributed by atoms with Gasteiger partial charge >= 0.3 is 0 Å². The standard InChI is InChI=1S/C12H15N5OS/c1-4-17-11-10(8(3)15-17)14-12(19)16(11)6-9-13-5-7(2)18-9/h5H,4,6H2,1-3H3,(H,14,19). The number of hydrogen-bond donors (Lipinski definition) is 1. The Balaban J connectivity index is 2.17. The van der Waals surface area contributed by atoms with Gasteiger partial charge in [0.25, 0.3) is 0 Å². The first kappa shape index (κ1) is 12.2. The zero-order valence-electron chi connectivity index (χ0n) is 11.1. The van der Waals surface area contributed by atoms with Gasteiger partial charge in [0.1, 0.15) is 17.8 Å². The minimum absolute atomic E-state index is 0.512. The molecule has 1 N–H and O–H groups in total. The van der Waals surface area contributed by atoms with Crippen molar-refractivity contribution in [1.82, 2.24) is 24.3 Å². The van der Waals surface area contributed by atoms with E-state index in [9.17, 15) is 0 Å². The lowest BCUT2D eigenvalue weighted by atomic mass is 10.4. The molecule has 19 heavy (non-hydrogen) atoms. The number of aromatic nitrogens is 5. The molecule has 0 bridgehead atoms. The number of imidazole rings is 1. The fraction of sp³-hybridized carbons (Fsp3) is 0.417. The monoisotopic (exact) mass is 277 g/mol. The molecule has 3 rings (SSSR count). The van der Waals surface area contributed by atoms with Crippen molar-refractivity contribution in [2.24, 2.45) is 0 Å². The molecule has 0 unspecified atom stereocenters. The molecule has 0 aromatic carbocycles. The van der Waals surface area contributed by atoms with Gasteiger partial charge in [-0.3, -0.25) is 4.57 Å². The number of nitrogens with zero attached hydrogens (tertiary/aromatic N) is 4. The van der Waals surface area contributed by atoms with Gasteiger partial charge in [0.15, 0.2) is 10.4 Å². The molecule has 0 aliphatic rings. The Hall–Kier alpha value is -1.89. The van der Waals surface area contributed by atoms with Crippen LogP contribution in [0, 0.1) is 18.6 Å². The van der Waals surface area contributed by atoms with Crippen molar-refractivity contribution >= 4 is 23.4 Å². The minimum Gasteiger partial charge on any atom is -0.444 e. The average Bonchev–Trinajstić information content (AvgIpc) is 3.00. The third-order valence-corrected chi connectivity index (χ3v) is 3.42. The summed E-state index contributed by atoms with van der Waals surface area (Å²) in [5.74, 6) is 1.45. The quantitative estimate of drug-likeness (QED) is 0.747. The van der Waals surface area contributed by atoms with E-state index in [1.165, 1.54) is 0 Å². The third-order valence-electron chi connectivity index (χ3n) is 3.10. The fourth-order valence-corrected chi connectivity index (χ4v) is 2.49. The summed E-state index contributed by atoms with van der Waals surface area (Å²) in [7, 11) is 0. The van der Waals surface area contributed by atoms with E-state index in [-0.39, 0.29) is 0 Å². The molecule has 0 atom stereocenters. The highest BCUT2D eigenvalue weighted by molar-refractivity contribution is 7.71. The lowest BCUT2D eigenvalue weighted by Gasteiger charge is -2.03. The second-order valence-electron chi connectivity index (χ2n) is 4.48. The maximum Gasteiger partial charge on any atom is 0.214 e. The number of oxazole rings is 1. The summed E-state index contributed by atoms with van der Waals surface area (Å²) < 4.78 is 10.1. The molecule has 0 fully saturated rings. The van der Waals surface area contributed by atoms with Gasteiger partial charge in [-0.15, -0.1) is 0 Å². The normalized spacial score (nSPS) is 11.5. The Morgan fingerprint density at radius 2 is 2.21 bits per heavy atom. The first-order valence-electron chi connectivity index (χ1n) is 6.17. The second-order valence-corrected chi connectivity index (χ2v) is 4.87. The van der Waals surface area contributed by atoms with Crippen molar-refractivity contribution in [3.63, 3.8) is 0 Å². The van der Waals surface area contributed by atoms with Gasteiger partial charge in [-0.2, -0.15) is 5.10 Å². The number of fused-ring (bicyclic) bond motifs is 1. The smallest absolute Gasteiger partial charge is 0.214 e. The van der Waals surface area contributed by atoms with Crippen LogP contribution in [0.25, 0.3) is 11.2 Å². The van der Waals surface area contributed by atoms with Crippen LogP contribution in [0.1, 0.15) is 24.3 Å². The van der Waals surface area contributed by atoms with Gasteiger partial charge in [0, 0.05) is 6.54 Å². The summed E-state index contributed by atoms with van der Waals surface area (Å²) in [6.07, 6.45) is 1.71. The van der Waals surface area contributed by atoms with E-state index >= 15 is 0 Å². The molecule has 0 saturated carbocycles. The van der Waals surface area contributed by atoms with Gasteiger partial charge in [0.2, 0.25) is 5.89 Å². The van der Waals surface area contributed by atoms with Crippen molar-refractivity contribution in [2.75, 3.05) is 0 Å². The molecule has 100 valence electrons. The lowest BCUT2D eigenvalue weighted by molar-refractivity contribution is 0.456. The Kier molecular flexibility index (Phi) is 2.78. The molecule has 0 spiro atoms. The molecule has 0 radical (unpaired) electrons. The van der Waals surface area contributed by atoms with Crippen LogP contribution < -0.4 is 0 Å². The van der Waals surface area contributed by atoms with E-state index in [1.54, 1.807) is 6.20 Å². The van der Waals surface area contributed by atoms with E-state index in [0.717, 1.165) is 29.2 Å². The number of aryl methyl sites for hydroxylation is 3. The highest BCUT2D eigenvalue weighted by Crippen LogP contribution is 2.19. The van der Waals surface area contributed by atoms with E-state index in [0.29, 0.717) is 17.2 Å². The van der Waals surface area contributed by atoms with E-state index < -0.39 is 0 Å². The number of aromatic amines is 1. The van der Waals surface area contributed by atoms with Crippen molar-refractivity contribution in [1.29, 1.82) is 0 Å². The molecule has 0 aliphatic heterocycles. The van der Waals surface area contributed by atoms with Gasteiger partial charge in [-0.05, 0) is 33.0 Å². The molecule has 3 aromatic rings. The Bertz CT molecular complexity index is 791. The van der Waals surface area contributed by atoms with Crippen molar-refractivity contribution in [3.05, 3.63) is 28.3 Å². The van der Waals surface area contributed by atoms with E-state index in [1.807, 2.05) is 23.1 Å². The van der Waals surface area contributed by atoms with Gasteiger partial charge < -0.3 is 9.40 Å². The molecule has 3 heterocycles. The molecule has 7 heteroatoms. The van der Waals surface area contributed by atoms with Crippen molar-refractivity contribution < 1.29 is 4.42 Å². The summed E-state index contributed by atoms with van der Waals surface area (Å²) in [5.41, 5.74) is 2.92. The molecule has 3 aromatic heterocycles. The summed E-state index contributed by atoms with van der Waals surface area (Å²) in [6.45, 7) is 7.21. The predicted molar refractivity (Wildman–Crippen MR) is 73.7 cm³/mol. The number of nitrogens with one attached hydrogen (secondary N) is 1. The highest BCUT2D eigenvalue weighted by Gasteiger charge is 2.15. The molecule has 0 saturated heterocycles. The summed E-state index contributed by atoms with van der Waals surface area (Å²) in [5, 5.41) is 4.48. The van der Waals surface area contributed by atoms with E-state index in [4.69, 9.17) is 16.6 Å². The van der Waals surface area contributed by atoms with Crippen molar-refractivity contribution in [2.45, 2.75) is 33.9 Å². The van der Waals surface area contributed by atoms with Crippen LogP contribution in [0.2, 0.25) is 0 Å². The minimum atomic E-state index is 0.512. The van der Waals surface area contributed by atoms with Crippen LogP contribution in [0.3, 0.4) is 0 Å². The maximum atomic E-state index is 5.52. The zero-order chi connectivity index (χ0) is 13.6.